The van der Waals surface area contributed by atoms with E-state index in [0.717, 1.165) is 18.2 Å². The lowest BCUT2D eigenvalue weighted by Crippen LogP contribution is -2.42. The van der Waals surface area contributed by atoms with Crippen LogP contribution in [0.5, 0.6) is 0 Å². The van der Waals surface area contributed by atoms with Crippen LogP contribution in [-0.4, -0.2) is 14.3 Å². The zero-order valence-corrected chi connectivity index (χ0v) is 11.6. The van der Waals surface area contributed by atoms with Gasteiger partial charge in [-0.3, -0.25) is 10.2 Å². The molecule has 0 aliphatic heterocycles. The monoisotopic (exact) mass is 330 g/mol. The molecule has 1 amide bonds. The summed E-state index contributed by atoms with van der Waals surface area (Å²) in [6.07, 6.45) is 0. The molecule has 116 valence electrons. The van der Waals surface area contributed by atoms with Gasteiger partial charge in [0.25, 0.3) is 15.9 Å². The minimum Gasteiger partial charge on any atom is -0.273 e. The number of rotatable bonds is 4. The summed E-state index contributed by atoms with van der Waals surface area (Å²) in [5.41, 5.74) is 1.31. The molecular weight excluding hydrogens is 321 g/mol. The van der Waals surface area contributed by atoms with Crippen molar-refractivity contribution in [2.45, 2.75) is 4.90 Å². The first-order chi connectivity index (χ1) is 10.3. The zero-order valence-electron chi connectivity index (χ0n) is 10.8. The fraction of sp³-hybridized carbons (Fsp3) is 0. The van der Waals surface area contributed by atoms with E-state index in [1.165, 1.54) is 12.1 Å². The Morgan fingerprint density at radius 3 is 2.32 bits per heavy atom. The fourth-order valence-electron chi connectivity index (χ4n) is 1.56. The topological polar surface area (TPSA) is 75.3 Å². The predicted octanol–water partition coefficient (Wildman–Crippen LogP) is 1.73. The number of sulfonamides is 1. The van der Waals surface area contributed by atoms with Crippen molar-refractivity contribution in [2.24, 2.45) is 0 Å². The number of benzene rings is 2. The highest BCUT2D eigenvalue weighted by molar-refractivity contribution is 7.89. The van der Waals surface area contributed by atoms with Crippen LogP contribution in [-0.2, 0) is 10.0 Å². The van der Waals surface area contributed by atoms with Gasteiger partial charge in [-0.25, -0.2) is 21.6 Å². The van der Waals surface area contributed by atoms with E-state index < -0.39 is 43.8 Å². The number of nitrogens with one attached hydrogen (secondary N) is 2. The van der Waals surface area contributed by atoms with Crippen molar-refractivity contribution in [2.75, 3.05) is 0 Å². The second kappa shape index (κ2) is 6.16. The maximum atomic E-state index is 13.4. The molecule has 0 bridgehead atoms. The van der Waals surface area contributed by atoms with Crippen LogP contribution >= 0.6 is 0 Å². The third kappa shape index (κ3) is 3.43. The molecule has 0 aliphatic carbocycles. The van der Waals surface area contributed by atoms with Crippen molar-refractivity contribution in [3.63, 3.8) is 0 Å². The molecular formula is C13H9F3N2O3S. The van der Waals surface area contributed by atoms with Crippen LogP contribution in [0.2, 0.25) is 0 Å². The Labute approximate surface area is 123 Å². The Balaban J connectivity index is 2.18. The van der Waals surface area contributed by atoms with E-state index in [-0.39, 0.29) is 0 Å². The van der Waals surface area contributed by atoms with Crippen LogP contribution in [0.4, 0.5) is 13.2 Å². The largest absolute Gasteiger partial charge is 0.273 e. The summed E-state index contributed by atoms with van der Waals surface area (Å²) in [6.45, 7) is 0. The number of carbonyl (C=O) groups excluding carboxylic acids is 1. The van der Waals surface area contributed by atoms with Gasteiger partial charge in [0.2, 0.25) is 0 Å². The molecule has 2 aromatic rings. The van der Waals surface area contributed by atoms with E-state index in [4.69, 9.17) is 0 Å². The third-order valence-corrected chi connectivity index (χ3v) is 3.86. The zero-order chi connectivity index (χ0) is 16.3. The minimum atomic E-state index is -4.55. The summed E-state index contributed by atoms with van der Waals surface area (Å²) in [7, 11) is -4.55. The van der Waals surface area contributed by atoms with Crippen molar-refractivity contribution in [1.29, 1.82) is 0 Å². The molecule has 5 nitrogen and oxygen atoms in total. The van der Waals surface area contributed by atoms with Gasteiger partial charge < -0.3 is 0 Å². The highest BCUT2D eigenvalue weighted by Gasteiger charge is 2.21. The van der Waals surface area contributed by atoms with Gasteiger partial charge in [-0.15, -0.1) is 4.83 Å². The van der Waals surface area contributed by atoms with E-state index >= 15 is 0 Å². The van der Waals surface area contributed by atoms with Crippen molar-refractivity contribution in [3.8, 4) is 0 Å². The Morgan fingerprint density at radius 2 is 1.64 bits per heavy atom. The molecule has 9 heteroatoms. The Morgan fingerprint density at radius 1 is 0.955 bits per heavy atom. The van der Waals surface area contributed by atoms with Crippen LogP contribution in [0.25, 0.3) is 0 Å². The molecule has 0 saturated carbocycles. The van der Waals surface area contributed by atoms with E-state index in [9.17, 15) is 26.4 Å². The van der Waals surface area contributed by atoms with Crippen LogP contribution in [0.15, 0.2) is 47.4 Å². The molecule has 0 spiro atoms. The van der Waals surface area contributed by atoms with Crippen LogP contribution in [0.1, 0.15) is 10.4 Å². The second-order valence-electron chi connectivity index (χ2n) is 4.11. The van der Waals surface area contributed by atoms with Gasteiger partial charge in [0.1, 0.15) is 22.3 Å². The van der Waals surface area contributed by atoms with E-state index in [1.807, 2.05) is 0 Å². The molecule has 0 unspecified atom stereocenters. The normalized spacial score (nSPS) is 11.2. The summed E-state index contributed by atoms with van der Waals surface area (Å²) in [5, 5.41) is 0. The number of halogens is 3. The SMILES string of the molecule is O=C(NNS(=O)(=O)c1cc(F)ccc1F)c1ccccc1F. The van der Waals surface area contributed by atoms with Crippen molar-refractivity contribution in [3.05, 3.63) is 65.5 Å². The van der Waals surface area contributed by atoms with Crippen molar-refractivity contribution in [1.82, 2.24) is 10.3 Å². The number of hydrogen-bond donors (Lipinski definition) is 2. The molecule has 2 rings (SSSR count). The number of amides is 1. The van der Waals surface area contributed by atoms with Gasteiger partial charge in [0, 0.05) is 0 Å². The molecule has 0 radical (unpaired) electrons. The van der Waals surface area contributed by atoms with Crippen molar-refractivity contribution >= 4 is 15.9 Å². The van der Waals surface area contributed by atoms with Crippen LogP contribution < -0.4 is 10.3 Å². The predicted molar refractivity (Wildman–Crippen MR) is 70.5 cm³/mol. The second-order valence-corrected chi connectivity index (χ2v) is 5.77. The quantitative estimate of drug-likeness (QED) is 0.839. The summed E-state index contributed by atoms with van der Waals surface area (Å²) in [5.74, 6) is -4.12. The first kappa shape index (κ1) is 16.0. The maximum Gasteiger partial charge on any atom is 0.269 e. The number of hydrazine groups is 1. The number of carbonyl (C=O) groups is 1. The third-order valence-electron chi connectivity index (χ3n) is 2.60. The Hall–Kier alpha value is -2.39. The lowest BCUT2D eigenvalue weighted by Gasteiger charge is -2.09. The molecule has 0 heterocycles. The lowest BCUT2D eigenvalue weighted by molar-refractivity contribution is 0.0941. The van der Waals surface area contributed by atoms with Gasteiger partial charge in [-0.05, 0) is 30.3 Å². The summed E-state index contributed by atoms with van der Waals surface area (Å²) in [6, 6.07) is 6.68. The van der Waals surface area contributed by atoms with Gasteiger partial charge >= 0.3 is 0 Å². The summed E-state index contributed by atoms with van der Waals surface area (Å²) >= 11 is 0. The molecule has 0 atom stereocenters. The molecule has 0 fully saturated rings. The van der Waals surface area contributed by atoms with Gasteiger partial charge in [-0.1, -0.05) is 12.1 Å². The minimum absolute atomic E-state index is 0.412. The standard InChI is InChI=1S/C13H9F3N2O3S/c14-8-5-6-11(16)12(7-8)22(20,21)18-17-13(19)9-3-1-2-4-10(9)15/h1-7,18H,(H,17,19). The van der Waals surface area contributed by atoms with Crippen LogP contribution in [0.3, 0.4) is 0 Å². The summed E-state index contributed by atoms with van der Waals surface area (Å²) in [4.78, 5) is 12.2. The van der Waals surface area contributed by atoms with Crippen LogP contribution in [0, 0.1) is 17.5 Å². The maximum absolute atomic E-state index is 13.4. The van der Waals surface area contributed by atoms with Gasteiger partial charge in [0.05, 0.1) is 5.56 Å². The molecule has 0 aliphatic rings. The molecule has 2 N–H and O–H groups in total. The Bertz CT molecular complexity index is 825. The van der Waals surface area contributed by atoms with E-state index in [2.05, 4.69) is 0 Å². The molecule has 22 heavy (non-hydrogen) atoms. The molecule has 0 saturated heterocycles. The smallest absolute Gasteiger partial charge is 0.269 e. The highest BCUT2D eigenvalue weighted by atomic mass is 32.2. The first-order valence-electron chi connectivity index (χ1n) is 5.83. The Kier molecular flexibility index (Phi) is 4.48. The van der Waals surface area contributed by atoms with E-state index in [1.54, 1.807) is 10.3 Å². The number of hydrogen-bond acceptors (Lipinski definition) is 3. The average Bonchev–Trinajstić information content (AvgIpc) is 2.48. The molecule has 2 aromatic carbocycles. The average molecular weight is 330 g/mol. The summed E-state index contributed by atoms with van der Waals surface area (Å²) < 4.78 is 63.4. The molecule has 0 aromatic heterocycles. The van der Waals surface area contributed by atoms with E-state index in [0.29, 0.717) is 12.1 Å². The van der Waals surface area contributed by atoms with Gasteiger partial charge in [-0.2, -0.15) is 0 Å². The first-order valence-corrected chi connectivity index (χ1v) is 7.31. The fourth-order valence-corrected chi connectivity index (χ4v) is 2.49. The lowest BCUT2D eigenvalue weighted by atomic mass is 10.2. The van der Waals surface area contributed by atoms with Crippen molar-refractivity contribution < 1.29 is 26.4 Å². The highest BCUT2D eigenvalue weighted by Crippen LogP contribution is 2.15. The van der Waals surface area contributed by atoms with Gasteiger partial charge in [0.15, 0.2) is 0 Å².